The molecule has 0 saturated carbocycles. The van der Waals surface area contributed by atoms with Gasteiger partial charge in [0.1, 0.15) is 0 Å². The molecule has 1 aromatic heterocycles. The van der Waals surface area contributed by atoms with E-state index in [9.17, 15) is 4.79 Å². The molecule has 0 unspecified atom stereocenters. The van der Waals surface area contributed by atoms with Crippen molar-refractivity contribution >= 4 is 11.6 Å². The van der Waals surface area contributed by atoms with Crippen LogP contribution in [0.2, 0.25) is 0 Å². The van der Waals surface area contributed by atoms with E-state index in [1.54, 1.807) is 12.5 Å². The van der Waals surface area contributed by atoms with E-state index in [4.69, 9.17) is 4.42 Å². The molecule has 1 aromatic carbocycles. The van der Waals surface area contributed by atoms with Gasteiger partial charge in [-0.2, -0.15) is 0 Å². The second kappa shape index (κ2) is 5.40. The number of hydrogen-bond donors (Lipinski definition) is 2. The van der Waals surface area contributed by atoms with Crippen molar-refractivity contribution in [3.05, 3.63) is 53.5 Å². The van der Waals surface area contributed by atoms with Crippen molar-refractivity contribution in [2.45, 2.75) is 13.5 Å². The van der Waals surface area contributed by atoms with E-state index in [1.807, 2.05) is 38.2 Å². The molecule has 0 bridgehead atoms. The van der Waals surface area contributed by atoms with Gasteiger partial charge in [-0.15, -0.1) is 0 Å². The number of anilines is 1. The molecule has 0 spiro atoms. The van der Waals surface area contributed by atoms with Gasteiger partial charge in [0.2, 0.25) is 0 Å². The van der Waals surface area contributed by atoms with E-state index < -0.39 is 0 Å². The Balaban J connectivity index is 2.04. The molecular formula is C14H16N2O2. The van der Waals surface area contributed by atoms with Crippen molar-refractivity contribution in [3.8, 4) is 0 Å². The average molecular weight is 244 g/mol. The van der Waals surface area contributed by atoms with Crippen LogP contribution in [0.4, 0.5) is 5.69 Å². The molecule has 0 aliphatic heterocycles. The smallest absolute Gasteiger partial charge is 0.251 e. The summed E-state index contributed by atoms with van der Waals surface area (Å²) < 4.78 is 4.95. The van der Waals surface area contributed by atoms with Gasteiger partial charge in [-0.25, -0.2) is 0 Å². The van der Waals surface area contributed by atoms with Gasteiger partial charge in [0.05, 0.1) is 12.5 Å². The standard InChI is InChI=1S/C14H16N2O2/c1-10-7-12(15-2)3-4-13(10)14(17)16-8-11-5-6-18-9-11/h3-7,9,15H,8H2,1-2H3,(H,16,17). The lowest BCUT2D eigenvalue weighted by Crippen LogP contribution is -2.23. The fourth-order valence-corrected chi connectivity index (χ4v) is 1.74. The summed E-state index contributed by atoms with van der Waals surface area (Å²) in [5.74, 6) is -0.0728. The van der Waals surface area contributed by atoms with E-state index in [0.717, 1.165) is 16.8 Å². The minimum absolute atomic E-state index is 0.0728. The summed E-state index contributed by atoms with van der Waals surface area (Å²) in [6, 6.07) is 7.50. The van der Waals surface area contributed by atoms with Crippen molar-refractivity contribution in [2.24, 2.45) is 0 Å². The van der Waals surface area contributed by atoms with Gasteiger partial charge in [-0.3, -0.25) is 4.79 Å². The second-order valence-corrected chi connectivity index (χ2v) is 4.09. The quantitative estimate of drug-likeness (QED) is 0.869. The summed E-state index contributed by atoms with van der Waals surface area (Å²) in [4.78, 5) is 12.0. The lowest BCUT2D eigenvalue weighted by Gasteiger charge is -2.08. The van der Waals surface area contributed by atoms with Gasteiger partial charge < -0.3 is 15.1 Å². The van der Waals surface area contributed by atoms with E-state index in [-0.39, 0.29) is 5.91 Å². The molecule has 2 aromatic rings. The van der Waals surface area contributed by atoms with Crippen LogP contribution in [-0.4, -0.2) is 13.0 Å². The van der Waals surface area contributed by atoms with Crippen LogP contribution < -0.4 is 10.6 Å². The normalized spacial score (nSPS) is 10.1. The molecule has 2 rings (SSSR count). The number of furan rings is 1. The number of carbonyl (C=O) groups excluding carboxylic acids is 1. The Labute approximate surface area is 106 Å². The third-order valence-electron chi connectivity index (χ3n) is 2.79. The fourth-order valence-electron chi connectivity index (χ4n) is 1.74. The van der Waals surface area contributed by atoms with Crippen LogP contribution in [0.3, 0.4) is 0 Å². The van der Waals surface area contributed by atoms with E-state index >= 15 is 0 Å². The molecule has 0 aliphatic carbocycles. The number of benzene rings is 1. The van der Waals surface area contributed by atoms with Gasteiger partial charge in [-0.1, -0.05) is 0 Å². The molecule has 0 saturated heterocycles. The van der Waals surface area contributed by atoms with Crippen LogP contribution in [-0.2, 0) is 6.54 Å². The predicted octanol–water partition coefficient (Wildman–Crippen LogP) is 2.56. The van der Waals surface area contributed by atoms with Gasteiger partial charge >= 0.3 is 0 Å². The van der Waals surface area contributed by atoms with E-state index in [0.29, 0.717) is 12.1 Å². The number of carbonyl (C=O) groups is 1. The topological polar surface area (TPSA) is 54.3 Å². The molecular weight excluding hydrogens is 228 g/mol. The van der Waals surface area contributed by atoms with E-state index in [1.165, 1.54) is 0 Å². The molecule has 18 heavy (non-hydrogen) atoms. The second-order valence-electron chi connectivity index (χ2n) is 4.09. The fraction of sp³-hybridized carbons (Fsp3) is 0.214. The highest BCUT2D eigenvalue weighted by atomic mass is 16.3. The molecule has 0 aliphatic rings. The van der Waals surface area contributed by atoms with Crippen LogP contribution in [0.25, 0.3) is 0 Å². The summed E-state index contributed by atoms with van der Waals surface area (Å²) in [7, 11) is 1.85. The Morgan fingerprint density at radius 2 is 2.17 bits per heavy atom. The van der Waals surface area contributed by atoms with Crippen LogP contribution in [0.5, 0.6) is 0 Å². The third kappa shape index (κ3) is 2.71. The first-order chi connectivity index (χ1) is 8.70. The zero-order chi connectivity index (χ0) is 13.0. The highest BCUT2D eigenvalue weighted by Gasteiger charge is 2.09. The Kier molecular flexibility index (Phi) is 3.67. The maximum absolute atomic E-state index is 12.0. The van der Waals surface area contributed by atoms with Crippen molar-refractivity contribution < 1.29 is 9.21 Å². The number of rotatable bonds is 4. The Bertz CT molecular complexity index is 533. The largest absolute Gasteiger partial charge is 0.472 e. The SMILES string of the molecule is CNc1ccc(C(=O)NCc2ccoc2)c(C)c1. The minimum Gasteiger partial charge on any atom is -0.472 e. The predicted molar refractivity (Wildman–Crippen MR) is 70.6 cm³/mol. The molecule has 0 fully saturated rings. The number of aryl methyl sites for hydroxylation is 1. The van der Waals surface area contributed by atoms with Crippen LogP contribution in [0.15, 0.2) is 41.2 Å². The zero-order valence-corrected chi connectivity index (χ0v) is 10.5. The number of amides is 1. The molecule has 4 heteroatoms. The maximum Gasteiger partial charge on any atom is 0.251 e. The van der Waals surface area contributed by atoms with Crippen molar-refractivity contribution in [1.29, 1.82) is 0 Å². The Hall–Kier alpha value is -2.23. The molecule has 0 atom stereocenters. The van der Waals surface area contributed by atoms with Crippen LogP contribution in [0.1, 0.15) is 21.5 Å². The average Bonchev–Trinajstić information content (AvgIpc) is 2.88. The Morgan fingerprint density at radius 1 is 1.33 bits per heavy atom. The van der Waals surface area contributed by atoms with Crippen LogP contribution >= 0.6 is 0 Å². The Morgan fingerprint density at radius 3 is 2.78 bits per heavy atom. The minimum atomic E-state index is -0.0728. The van der Waals surface area contributed by atoms with Gasteiger partial charge in [0.25, 0.3) is 5.91 Å². The summed E-state index contributed by atoms with van der Waals surface area (Å²) in [5.41, 5.74) is 3.59. The lowest BCUT2D eigenvalue weighted by molar-refractivity contribution is 0.0950. The van der Waals surface area contributed by atoms with Crippen LogP contribution in [0, 0.1) is 6.92 Å². The first-order valence-corrected chi connectivity index (χ1v) is 5.78. The lowest BCUT2D eigenvalue weighted by atomic mass is 10.1. The molecule has 4 nitrogen and oxygen atoms in total. The molecule has 1 amide bonds. The zero-order valence-electron chi connectivity index (χ0n) is 10.5. The van der Waals surface area contributed by atoms with Crippen molar-refractivity contribution in [3.63, 3.8) is 0 Å². The summed E-state index contributed by atoms with van der Waals surface area (Å²) >= 11 is 0. The maximum atomic E-state index is 12.0. The monoisotopic (exact) mass is 244 g/mol. The molecule has 2 N–H and O–H groups in total. The molecule has 1 heterocycles. The third-order valence-corrected chi connectivity index (χ3v) is 2.79. The molecule has 0 radical (unpaired) electrons. The summed E-state index contributed by atoms with van der Waals surface area (Å²) in [5, 5.41) is 5.90. The van der Waals surface area contributed by atoms with Gasteiger partial charge in [-0.05, 0) is 36.8 Å². The first kappa shape index (κ1) is 12.2. The summed E-state index contributed by atoms with van der Waals surface area (Å²) in [6.07, 6.45) is 3.21. The first-order valence-electron chi connectivity index (χ1n) is 5.78. The highest BCUT2D eigenvalue weighted by Crippen LogP contribution is 2.14. The van der Waals surface area contributed by atoms with Gasteiger partial charge in [0, 0.05) is 30.4 Å². The number of hydrogen-bond acceptors (Lipinski definition) is 3. The van der Waals surface area contributed by atoms with E-state index in [2.05, 4.69) is 10.6 Å². The van der Waals surface area contributed by atoms with Gasteiger partial charge in [0.15, 0.2) is 0 Å². The summed E-state index contributed by atoms with van der Waals surface area (Å²) in [6.45, 7) is 2.40. The molecule has 94 valence electrons. The number of nitrogens with one attached hydrogen (secondary N) is 2. The van der Waals surface area contributed by atoms with Crippen molar-refractivity contribution in [1.82, 2.24) is 5.32 Å². The highest BCUT2D eigenvalue weighted by molar-refractivity contribution is 5.96. The van der Waals surface area contributed by atoms with Crippen molar-refractivity contribution in [2.75, 3.05) is 12.4 Å².